The molecule has 0 aliphatic heterocycles. The Balaban J connectivity index is 3.24. The molecule has 0 radical (unpaired) electrons. The molecule has 0 saturated carbocycles. The van der Waals surface area contributed by atoms with Crippen LogP contribution in [0.25, 0.3) is 0 Å². The van der Waals surface area contributed by atoms with E-state index in [0.717, 1.165) is 6.04 Å². The van der Waals surface area contributed by atoms with Crippen molar-refractivity contribution in [3.8, 4) is 0 Å². The highest BCUT2D eigenvalue weighted by molar-refractivity contribution is 7.03. The summed E-state index contributed by atoms with van der Waals surface area (Å²) in [6.07, 6.45) is 0. The molecule has 0 amide bonds. The Kier molecular flexibility index (Phi) is 3.91. The molecule has 0 N–H and O–H groups in total. The summed E-state index contributed by atoms with van der Waals surface area (Å²) in [4.78, 5) is 10.1. The fourth-order valence-corrected chi connectivity index (χ4v) is 1.17. The molecular formula is C4H9ClO2Si. The minimum atomic E-state index is -1.62. The summed E-state index contributed by atoms with van der Waals surface area (Å²) in [5, 5.41) is 0. The van der Waals surface area contributed by atoms with Crippen molar-refractivity contribution in [3.05, 3.63) is 0 Å². The zero-order chi connectivity index (χ0) is 6.57. The zero-order valence-corrected chi connectivity index (χ0v) is 6.89. The SMILES string of the molecule is CC[SiH](Cl)OC(C)=O. The average Bonchev–Trinajstić information content (AvgIpc) is 1.65. The van der Waals surface area contributed by atoms with Gasteiger partial charge in [0.05, 0.1) is 0 Å². The van der Waals surface area contributed by atoms with Gasteiger partial charge in [-0.3, -0.25) is 4.79 Å². The predicted octanol–water partition coefficient (Wildman–Crippen LogP) is 1.03. The maximum Gasteiger partial charge on any atom is 0.335 e. The van der Waals surface area contributed by atoms with E-state index in [1.807, 2.05) is 6.92 Å². The third kappa shape index (κ3) is 4.14. The smallest absolute Gasteiger partial charge is 0.335 e. The van der Waals surface area contributed by atoms with Gasteiger partial charge in [-0.1, -0.05) is 6.92 Å². The van der Waals surface area contributed by atoms with Crippen molar-refractivity contribution in [1.29, 1.82) is 0 Å². The van der Waals surface area contributed by atoms with Crippen LogP contribution < -0.4 is 0 Å². The third-order valence-electron chi connectivity index (χ3n) is 0.615. The summed E-state index contributed by atoms with van der Waals surface area (Å²) < 4.78 is 4.66. The van der Waals surface area contributed by atoms with Gasteiger partial charge >= 0.3 is 8.35 Å². The molecule has 0 saturated heterocycles. The van der Waals surface area contributed by atoms with E-state index in [0.29, 0.717) is 0 Å². The van der Waals surface area contributed by atoms with Crippen LogP contribution in [0.2, 0.25) is 6.04 Å². The van der Waals surface area contributed by atoms with Gasteiger partial charge in [0.2, 0.25) is 0 Å². The molecule has 0 rings (SSSR count). The summed E-state index contributed by atoms with van der Waals surface area (Å²) >= 11 is 5.56. The maximum absolute atomic E-state index is 10.1. The molecule has 0 spiro atoms. The van der Waals surface area contributed by atoms with Gasteiger partial charge in [-0.15, -0.1) is 11.1 Å². The van der Waals surface area contributed by atoms with Gasteiger partial charge in [-0.2, -0.15) is 0 Å². The molecule has 48 valence electrons. The second kappa shape index (κ2) is 3.92. The maximum atomic E-state index is 10.1. The summed E-state index contributed by atoms with van der Waals surface area (Å²) in [6.45, 7) is 3.28. The topological polar surface area (TPSA) is 26.3 Å². The van der Waals surface area contributed by atoms with Crippen molar-refractivity contribution >= 4 is 25.4 Å². The van der Waals surface area contributed by atoms with Crippen LogP contribution in [0.4, 0.5) is 0 Å². The Morgan fingerprint density at radius 1 is 1.88 bits per heavy atom. The van der Waals surface area contributed by atoms with Gasteiger partial charge in [-0.05, 0) is 6.04 Å². The van der Waals surface area contributed by atoms with Crippen LogP contribution in [-0.2, 0) is 9.22 Å². The van der Waals surface area contributed by atoms with E-state index in [1.165, 1.54) is 6.92 Å². The zero-order valence-electron chi connectivity index (χ0n) is 4.98. The highest BCUT2D eigenvalue weighted by Gasteiger charge is 2.05. The lowest BCUT2D eigenvalue weighted by atomic mass is 10.9. The Labute approximate surface area is 55.2 Å². The molecule has 4 heteroatoms. The number of carbonyl (C=O) groups excluding carboxylic acids is 1. The molecule has 1 atom stereocenters. The first kappa shape index (κ1) is 7.98. The van der Waals surface area contributed by atoms with Crippen LogP contribution >= 0.6 is 11.1 Å². The highest BCUT2D eigenvalue weighted by atomic mass is 35.6. The Morgan fingerprint density at radius 2 is 2.38 bits per heavy atom. The second-order valence-corrected chi connectivity index (χ2v) is 4.76. The van der Waals surface area contributed by atoms with E-state index < -0.39 is 8.35 Å². The second-order valence-electron chi connectivity index (χ2n) is 1.43. The summed E-state index contributed by atoms with van der Waals surface area (Å²) in [5.74, 6) is -0.265. The van der Waals surface area contributed by atoms with E-state index in [-0.39, 0.29) is 5.97 Å². The van der Waals surface area contributed by atoms with E-state index in [4.69, 9.17) is 11.1 Å². The predicted molar refractivity (Wildman–Crippen MR) is 35.2 cm³/mol. The lowest BCUT2D eigenvalue weighted by molar-refractivity contribution is -0.132. The van der Waals surface area contributed by atoms with Gasteiger partial charge in [0, 0.05) is 6.92 Å². The van der Waals surface area contributed by atoms with Crippen LogP contribution in [0.15, 0.2) is 0 Å². The third-order valence-corrected chi connectivity index (χ3v) is 3.04. The minimum Gasteiger partial charge on any atom is -0.507 e. The van der Waals surface area contributed by atoms with E-state index in [2.05, 4.69) is 4.43 Å². The lowest BCUT2D eigenvalue weighted by Crippen LogP contribution is -2.12. The Bertz CT molecular complexity index is 86.1. The van der Waals surface area contributed by atoms with Gasteiger partial charge in [0.15, 0.2) is 0 Å². The number of hydrogen-bond acceptors (Lipinski definition) is 2. The number of carbonyl (C=O) groups is 1. The van der Waals surface area contributed by atoms with Gasteiger partial charge in [0.25, 0.3) is 5.97 Å². The average molecular weight is 153 g/mol. The largest absolute Gasteiger partial charge is 0.507 e. The van der Waals surface area contributed by atoms with Crippen molar-refractivity contribution in [2.24, 2.45) is 0 Å². The Morgan fingerprint density at radius 3 is 2.50 bits per heavy atom. The first-order valence-electron chi connectivity index (χ1n) is 2.48. The van der Waals surface area contributed by atoms with Gasteiger partial charge < -0.3 is 4.43 Å². The van der Waals surface area contributed by atoms with Crippen molar-refractivity contribution in [2.45, 2.75) is 19.9 Å². The first-order valence-corrected chi connectivity index (χ1v) is 5.51. The quantitative estimate of drug-likeness (QED) is 0.437. The fraction of sp³-hybridized carbons (Fsp3) is 0.750. The van der Waals surface area contributed by atoms with Crippen molar-refractivity contribution in [2.75, 3.05) is 0 Å². The van der Waals surface area contributed by atoms with E-state index in [1.54, 1.807) is 0 Å². The van der Waals surface area contributed by atoms with Crippen LogP contribution in [0.5, 0.6) is 0 Å². The summed E-state index contributed by atoms with van der Waals surface area (Å²) in [7, 11) is -1.62. The van der Waals surface area contributed by atoms with Gasteiger partial charge in [0.1, 0.15) is 0 Å². The van der Waals surface area contributed by atoms with E-state index >= 15 is 0 Å². The normalized spacial score (nSPS) is 12.9. The molecule has 2 nitrogen and oxygen atoms in total. The molecule has 0 fully saturated rings. The van der Waals surface area contributed by atoms with Crippen molar-refractivity contribution in [3.63, 3.8) is 0 Å². The minimum absolute atomic E-state index is 0.265. The van der Waals surface area contributed by atoms with Crippen LogP contribution in [0, 0.1) is 0 Å². The standard InChI is InChI=1S/C4H9ClO2Si/c1-3-8(5)7-4(2)6/h8H,3H2,1-2H3. The monoisotopic (exact) mass is 152 g/mol. The first-order chi connectivity index (χ1) is 3.66. The number of halogens is 1. The van der Waals surface area contributed by atoms with E-state index in [9.17, 15) is 4.79 Å². The highest BCUT2D eigenvalue weighted by Crippen LogP contribution is 1.97. The van der Waals surface area contributed by atoms with Crippen LogP contribution in [0.1, 0.15) is 13.8 Å². The molecule has 0 heterocycles. The summed E-state index contributed by atoms with van der Waals surface area (Å²) in [6, 6.07) is 0.793. The number of rotatable bonds is 2. The Hall–Kier alpha value is -0.0231. The number of hydrogen-bond donors (Lipinski definition) is 0. The molecule has 0 aromatic carbocycles. The molecular weight excluding hydrogens is 144 g/mol. The molecule has 8 heavy (non-hydrogen) atoms. The van der Waals surface area contributed by atoms with Crippen molar-refractivity contribution in [1.82, 2.24) is 0 Å². The van der Waals surface area contributed by atoms with Crippen molar-refractivity contribution < 1.29 is 9.22 Å². The molecule has 0 aromatic heterocycles. The molecule has 1 unspecified atom stereocenters. The van der Waals surface area contributed by atoms with Gasteiger partial charge in [-0.25, -0.2) is 0 Å². The van der Waals surface area contributed by atoms with Crippen LogP contribution in [0.3, 0.4) is 0 Å². The molecule has 0 aliphatic rings. The fourth-order valence-electron chi connectivity index (χ4n) is 0.263. The summed E-state index contributed by atoms with van der Waals surface area (Å²) in [5.41, 5.74) is 0. The lowest BCUT2D eigenvalue weighted by Gasteiger charge is -2.02. The van der Waals surface area contributed by atoms with Crippen LogP contribution in [-0.4, -0.2) is 14.3 Å². The molecule has 0 bridgehead atoms. The molecule has 0 aliphatic carbocycles. The molecule has 0 aromatic rings.